The van der Waals surface area contributed by atoms with Gasteiger partial charge in [-0.3, -0.25) is 0 Å². The van der Waals surface area contributed by atoms with Crippen LogP contribution in [-0.4, -0.2) is 11.3 Å². The second-order valence-electron chi connectivity index (χ2n) is 6.17. The molecule has 0 aliphatic rings. The Morgan fingerprint density at radius 2 is 1.53 bits per heavy atom. The van der Waals surface area contributed by atoms with Crippen LogP contribution in [0.4, 0.5) is 0 Å². The Bertz CT molecular complexity index is 346. The van der Waals surface area contributed by atoms with Gasteiger partial charge in [0.05, 0.1) is 0 Å². The van der Waals surface area contributed by atoms with E-state index in [0.29, 0.717) is 0 Å². The van der Waals surface area contributed by atoms with Crippen LogP contribution in [0.2, 0.25) is 0 Å². The molecule has 0 fully saturated rings. The van der Waals surface area contributed by atoms with Crippen molar-refractivity contribution in [2.75, 3.05) is 6.54 Å². The topological polar surface area (TPSA) is 26.0 Å². The van der Waals surface area contributed by atoms with Crippen molar-refractivity contribution in [3.05, 3.63) is 29.8 Å². The first-order chi connectivity index (χ1) is 7.74. The summed E-state index contributed by atoms with van der Waals surface area (Å²) in [6.45, 7) is 12.0. The lowest BCUT2D eigenvalue weighted by molar-refractivity contribution is 0.589. The van der Waals surface area contributed by atoms with E-state index < -0.39 is 0 Å². The fourth-order valence-electron chi connectivity index (χ4n) is 1.74. The zero-order valence-electron chi connectivity index (χ0n) is 11.7. The third-order valence-corrected chi connectivity index (χ3v) is 4.13. The summed E-state index contributed by atoms with van der Waals surface area (Å²) in [6, 6.07) is 8.93. The molecule has 0 saturated carbocycles. The molecule has 17 heavy (non-hydrogen) atoms. The van der Waals surface area contributed by atoms with E-state index in [2.05, 4.69) is 58.9 Å². The van der Waals surface area contributed by atoms with Crippen molar-refractivity contribution in [3.63, 3.8) is 0 Å². The molecule has 2 heteroatoms. The first-order valence-corrected chi connectivity index (χ1v) is 7.06. The molecule has 1 aromatic carbocycles. The van der Waals surface area contributed by atoms with Gasteiger partial charge in [0.15, 0.2) is 0 Å². The van der Waals surface area contributed by atoms with Gasteiger partial charge in [-0.1, -0.05) is 46.8 Å². The van der Waals surface area contributed by atoms with Crippen LogP contribution in [-0.2, 0) is 5.41 Å². The summed E-state index contributed by atoms with van der Waals surface area (Å²) in [5.41, 5.74) is 7.26. The van der Waals surface area contributed by atoms with Gasteiger partial charge in [0, 0.05) is 9.64 Å². The third kappa shape index (κ3) is 4.72. The van der Waals surface area contributed by atoms with Crippen molar-refractivity contribution < 1.29 is 0 Å². The van der Waals surface area contributed by atoms with Crippen LogP contribution in [0.3, 0.4) is 0 Å². The van der Waals surface area contributed by atoms with Crippen LogP contribution in [0.25, 0.3) is 0 Å². The van der Waals surface area contributed by atoms with Gasteiger partial charge < -0.3 is 5.73 Å². The maximum atomic E-state index is 5.64. The van der Waals surface area contributed by atoms with Gasteiger partial charge in [0.2, 0.25) is 0 Å². The van der Waals surface area contributed by atoms with E-state index in [1.807, 2.05) is 11.8 Å². The molecule has 0 aromatic heterocycles. The minimum absolute atomic E-state index is 0.220. The Hall–Kier alpha value is -0.470. The smallest absolute Gasteiger partial charge is 0.0162 e. The van der Waals surface area contributed by atoms with Crippen molar-refractivity contribution in [3.8, 4) is 0 Å². The van der Waals surface area contributed by atoms with Gasteiger partial charge in [0.1, 0.15) is 0 Å². The predicted octanol–water partition coefficient (Wildman–Crippen LogP) is 4.20. The summed E-state index contributed by atoms with van der Waals surface area (Å²) in [5.74, 6) is 0. The number of hydrogen-bond donors (Lipinski definition) is 1. The zero-order chi connectivity index (χ0) is 13.1. The molecule has 0 bridgehead atoms. The molecule has 0 saturated heterocycles. The lowest BCUT2D eigenvalue weighted by atomic mass is 9.87. The lowest BCUT2D eigenvalue weighted by Crippen LogP contribution is -2.19. The summed E-state index contributed by atoms with van der Waals surface area (Å²) in [6.07, 6.45) is 1.04. The third-order valence-electron chi connectivity index (χ3n) is 2.86. The SMILES string of the molecule is CC(C)(CCN)Sc1ccc(C(C)(C)C)cc1. The molecule has 96 valence electrons. The van der Waals surface area contributed by atoms with E-state index in [0.717, 1.165) is 13.0 Å². The predicted molar refractivity (Wildman–Crippen MR) is 78.7 cm³/mol. The monoisotopic (exact) mass is 251 g/mol. The van der Waals surface area contributed by atoms with E-state index in [1.165, 1.54) is 10.5 Å². The standard InChI is InChI=1S/C15H25NS/c1-14(2,3)12-6-8-13(9-7-12)17-15(4,5)10-11-16/h6-9H,10-11,16H2,1-5H3. The van der Waals surface area contributed by atoms with Crippen molar-refractivity contribution in [1.82, 2.24) is 0 Å². The molecular weight excluding hydrogens is 226 g/mol. The molecule has 0 atom stereocenters. The Morgan fingerprint density at radius 1 is 1.00 bits per heavy atom. The van der Waals surface area contributed by atoms with E-state index in [-0.39, 0.29) is 10.2 Å². The molecule has 1 rings (SSSR count). The molecule has 0 heterocycles. The van der Waals surface area contributed by atoms with Crippen LogP contribution < -0.4 is 5.73 Å². The summed E-state index contributed by atoms with van der Waals surface area (Å²) >= 11 is 1.91. The molecule has 1 aromatic rings. The first kappa shape index (κ1) is 14.6. The normalized spacial score (nSPS) is 12.8. The quantitative estimate of drug-likeness (QED) is 0.811. The molecule has 0 radical (unpaired) electrons. The van der Waals surface area contributed by atoms with Crippen molar-refractivity contribution in [2.24, 2.45) is 5.73 Å². The van der Waals surface area contributed by atoms with Gasteiger partial charge in [-0.2, -0.15) is 0 Å². The Labute approximate surface area is 110 Å². The number of rotatable bonds is 4. The van der Waals surface area contributed by atoms with Crippen molar-refractivity contribution in [2.45, 2.75) is 56.1 Å². The highest BCUT2D eigenvalue weighted by Gasteiger charge is 2.19. The fourth-order valence-corrected chi connectivity index (χ4v) is 2.87. The Kier molecular flexibility index (Phi) is 4.68. The summed E-state index contributed by atoms with van der Waals surface area (Å²) in [4.78, 5) is 1.33. The Morgan fingerprint density at radius 3 is 1.94 bits per heavy atom. The summed E-state index contributed by atoms with van der Waals surface area (Å²) in [5, 5.41) is 0. The van der Waals surface area contributed by atoms with Gasteiger partial charge in [-0.05, 0) is 36.1 Å². The van der Waals surface area contributed by atoms with Gasteiger partial charge in [0.25, 0.3) is 0 Å². The van der Waals surface area contributed by atoms with Crippen LogP contribution in [0.15, 0.2) is 29.2 Å². The van der Waals surface area contributed by atoms with Crippen molar-refractivity contribution >= 4 is 11.8 Å². The van der Waals surface area contributed by atoms with Crippen LogP contribution in [0.5, 0.6) is 0 Å². The number of hydrogen-bond acceptors (Lipinski definition) is 2. The van der Waals surface area contributed by atoms with Crippen LogP contribution >= 0.6 is 11.8 Å². The zero-order valence-corrected chi connectivity index (χ0v) is 12.5. The van der Waals surface area contributed by atoms with E-state index >= 15 is 0 Å². The Balaban J connectivity index is 2.75. The molecule has 0 spiro atoms. The van der Waals surface area contributed by atoms with E-state index in [1.54, 1.807) is 0 Å². The largest absolute Gasteiger partial charge is 0.330 e. The average molecular weight is 251 g/mol. The van der Waals surface area contributed by atoms with Crippen LogP contribution in [0.1, 0.15) is 46.6 Å². The minimum Gasteiger partial charge on any atom is -0.330 e. The first-order valence-electron chi connectivity index (χ1n) is 6.24. The van der Waals surface area contributed by atoms with Crippen molar-refractivity contribution in [1.29, 1.82) is 0 Å². The molecule has 0 unspecified atom stereocenters. The van der Waals surface area contributed by atoms with Gasteiger partial charge >= 0.3 is 0 Å². The molecule has 1 nitrogen and oxygen atoms in total. The summed E-state index contributed by atoms with van der Waals surface area (Å²) < 4.78 is 0.220. The lowest BCUT2D eigenvalue weighted by Gasteiger charge is -2.24. The highest BCUT2D eigenvalue weighted by molar-refractivity contribution is 8.00. The number of thioether (sulfide) groups is 1. The average Bonchev–Trinajstić information content (AvgIpc) is 2.16. The second-order valence-corrected chi connectivity index (χ2v) is 7.96. The molecule has 0 amide bonds. The maximum absolute atomic E-state index is 5.64. The minimum atomic E-state index is 0.220. The molecule has 2 N–H and O–H groups in total. The highest BCUT2D eigenvalue weighted by atomic mass is 32.2. The fraction of sp³-hybridized carbons (Fsp3) is 0.600. The molecular formula is C15H25NS. The number of benzene rings is 1. The number of nitrogens with two attached hydrogens (primary N) is 1. The maximum Gasteiger partial charge on any atom is 0.0162 e. The van der Waals surface area contributed by atoms with Gasteiger partial charge in [-0.25, -0.2) is 0 Å². The second kappa shape index (κ2) is 5.45. The van der Waals surface area contributed by atoms with E-state index in [4.69, 9.17) is 5.73 Å². The molecule has 0 aliphatic heterocycles. The van der Waals surface area contributed by atoms with Gasteiger partial charge in [-0.15, -0.1) is 11.8 Å². The summed E-state index contributed by atoms with van der Waals surface area (Å²) in [7, 11) is 0. The molecule has 0 aliphatic carbocycles. The van der Waals surface area contributed by atoms with Crippen LogP contribution in [0, 0.1) is 0 Å². The highest BCUT2D eigenvalue weighted by Crippen LogP contribution is 2.35. The van der Waals surface area contributed by atoms with E-state index in [9.17, 15) is 0 Å².